The van der Waals surface area contributed by atoms with Crippen molar-refractivity contribution in [3.8, 4) is 0 Å². The second-order valence-electron chi connectivity index (χ2n) is 6.56. The highest BCUT2D eigenvalue weighted by Crippen LogP contribution is 2.16. The van der Waals surface area contributed by atoms with Crippen molar-refractivity contribution < 1.29 is 9.32 Å². The van der Waals surface area contributed by atoms with Crippen molar-refractivity contribution in [2.45, 2.75) is 26.8 Å². The van der Waals surface area contributed by atoms with Crippen LogP contribution >= 0.6 is 0 Å². The van der Waals surface area contributed by atoms with E-state index in [1.54, 1.807) is 30.3 Å². The third-order valence-electron chi connectivity index (χ3n) is 4.79. The van der Waals surface area contributed by atoms with E-state index in [0.717, 1.165) is 43.1 Å². The van der Waals surface area contributed by atoms with E-state index in [4.69, 9.17) is 4.52 Å². The first-order chi connectivity index (χ1) is 12.0. The number of nitrogens with zero attached hydrogens (tertiary/aromatic N) is 4. The lowest BCUT2D eigenvalue weighted by molar-refractivity contribution is 0.0758. The largest absolute Gasteiger partial charge is 0.361 e. The molecule has 0 atom stereocenters. The van der Waals surface area contributed by atoms with E-state index in [0.29, 0.717) is 13.1 Å². The zero-order chi connectivity index (χ0) is 18.0. The number of aromatic nitrogens is 2. The second kappa shape index (κ2) is 7.23. The summed E-state index contributed by atoms with van der Waals surface area (Å²) >= 11 is 0. The van der Waals surface area contributed by atoms with Crippen LogP contribution in [0, 0.1) is 13.8 Å². The fourth-order valence-corrected chi connectivity index (χ4v) is 3.21. The maximum absolute atomic E-state index is 12.7. The molecule has 25 heavy (non-hydrogen) atoms. The first-order valence-electron chi connectivity index (χ1n) is 8.56. The van der Waals surface area contributed by atoms with E-state index in [-0.39, 0.29) is 17.0 Å². The smallest absolute Gasteiger partial charge is 0.263 e. The Morgan fingerprint density at radius 1 is 1.24 bits per heavy atom. The summed E-state index contributed by atoms with van der Waals surface area (Å²) in [5, 5.41) is 4.00. The Morgan fingerprint density at radius 2 is 2.04 bits per heavy atom. The fraction of sp³-hybridized carbons (Fsp3) is 0.500. The molecule has 0 aromatic carbocycles. The summed E-state index contributed by atoms with van der Waals surface area (Å²) in [6.45, 7) is 7.59. The first-order valence-corrected chi connectivity index (χ1v) is 8.56. The lowest BCUT2D eigenvalue weighted by Gasteiger charge is -2.22. The normalized spacial score (nSPS) is 16.0. The Hall–Kier alpha value is -2.41. The molecule has 1 saturated heterocycles. The zero-order valence-electron chi connectivity index (χ0n) is 15.0. The minimum Gasteiger partial charge on any atom is -0.361 e. The highest BCUT2D eigenvalue weighted by Gasteiger charge is 2.23. The summed E-state index contributed by atoms with van der Waals surface area (Å²) in [6, 6.07) is 3.34. The van der Waals surface area contributed by atoms with Crippen molar-refractivity contribution >= 4 is 5.91 Å². The third-order valence-corrected chi connectivity index (χ3v) is 4.79. The molecule has 3 rings (SSSR count). The average molecular weight is 344 g/mol. The minimum absolute atomic E-state index is 0.180. The van der Waals surface area contributed by atoms with Crippen molar-refractivity contribution in [3.05, 3.63) is 51.3 Å². The number of carbonyl (C=O) groups is 1. The third kappa shape index (κ3) is 3.66. The standard InChI is InChI=1S/C18H24N4O3/c1-13-16(14(2)25-19-13)12-21-8-5-9-22(11-10-21)18(24)15-6-4-7-20(3)17(15)23/h4,6-7H,5,8-12H2,1-3H3. The van der Waals surface area contributed by atoms with Gasteiger partial charge in [-0.15, -0.1) is 0 Å². The molecule has 7 heteroatoms. The number of pyridine rings is 1. The van der Waals surface area contributed by atoms with Gasteiger partial charge >= 0.3 is 0 Å². The van der Waals surface area contributed by atoms with Crippen LogP contribution in [0.15, 0.2) is 27.6 Å². The van der Waals surface area contributed by atoms with Crippen LogP contribution in [0.5, 0.6) is 0 Å². The molecule has 7 nitrogen and oxygen atoms in total. The Morgan fingerprint density at radius 3 is 2.76 bits per heavy atom. The highest BCUT2D eigenvalue weighted by molar-refractivity contribution is 5.93. The van der Waals surface area contributed by atoms with Crippen molar-refractivity contribution in [2.24, 2.45) is 7.05 Å². The number of rotatable bonds is 3. The van der Waals surface area contributed by atoms with Gasteiger partial charge in [-0.1, -0.05) is 5.16 Å². The second-order valence-corrected chi connectivity index (χ2v) is 6.56. The van der Waals surface area contributed by atoms with Crippen molar-refractivity contribution in [2.75, 3.05) is 26.2 Å². The molecule has 1 aliphatic heterocycles. The molecule has 2 aromatic rings. The van der Waals surface area contributed by atoms with Crippen molar-refractivity contribution in [3.63, 3.8) is 0 Å². The van der Waals surface area contributed by atoms with E-state index in [2.05, 4.69) is 10.1 Å². The molecule has 0 bridgehead atoms. The summed E-state index contributed by atoms with van der Waals surface area (Å²) in [5.41, 5.74) is 2.03. The van der Waals surface area contributed by atoms with Gasteiger partial charge in [-0.25, -0.2) is 0 Å². The van der Waals surface area contributed by atoms with Crippen LogP contribution < -0.4 is 5.56 Å². The van der Waals surface area contributed by atoms with Crippen molar-refractivity contribution in [1.29, 1.82) is 0 Å². The molecular formula is C18H24N4O3. The van der Waals surface area contributed by atoms with Crippen LogP contribution in [0.4, 0.5) is 0 Å². The SMILES string of the molecule is Cc1noc(C)c1CN1CCCN(C(=O)c2cccn(C)c2=O)CC1. The minimum atomic E-state index is -0.246. The molecule has 3 heterocycles. The van der Waals surface area contributed by atoms with Crippen LogP contribution in [0.1, 0.15) is 33.8 Å². The van der Waals surface area contributed by atoms with Crippen LogP contribution in [0.25, 0.3) is 0 Å². The number of hydrogen-bond acceptors (Lipinski definition) is 5. The van der Waals surface area contributed by atoms with Gasteiger partial charge in [0, 0.05) is 51.5 Å². The van der Waals surface area contributed by atoms with Gasteiger partial charge in [-0.3, -0.25) is 14.5 Å². The van der Waals surface area contributed by atoms with Crippen LogP contribution in [0.3, 0.4) is 0 Å². The van der Waals surface area contributed by atoms with E-state index in [1.165, 1.54) is 4.57 Å². The number of amides is 1. The molecular weight excluding hydrogens is 320 g/mol. The van der Waals surface area contributed by atoms with Gasteiger partial charge in [-0.05, 0) is 32.4 Å². The van der Waals surface area contributed by atoms with Gasteiger partial charge in [0.1, 0.15) is 11.3 Å². The lowest BCUT2D eigenvalue weighted by atomic mass is 10.2. The molecule has 1 fully saturated rings. The molecule has 0 radical (unpaired) electrons. The topological polar surface area (TPSA) is 71.6 Å². The fourth-order valence-electron chi connectivity index (χ4n) is 3.21. The highest BCUT2D eigenvalue weighted by atomic mass is 16.5. The van der Waals surface area contributed by atoms with Gasteiger partial charge in [-0.2, -0.15) is 0 Å². The first kappa shape index (κ1) is 17.4. The van der Waals surface area contributed by atoms with Crippen LogP contribution in [-0.4, -0.2) is 51.6 Å². The Bertz CT molecular complexity index is 804. The number of hydrogen-bond donors (Lipinski definition) is 0. The molecule has 1 amide bonds. The van der Waals surface area contributed by atoms with E-state index >= 15 is 0 Å². The maximum atomic E-state index is 12.7. The zero-order valence-corrected chi connectivity index (χ0v) is 15.0. The predicted molar refractivity (Wildman–Crippen MR) is 93.5 cm³/mol. The molecule has 134 valence electrons. The number of aryl methyl sites for hydroxylation is 3. The average Bonchev–Trinajstić information content (AvgIpc) is 2.79. The number of carbonyl (C=O) groups excluding carboxylic acids is 1. The predicted octanol–water partition coefficient (Wildman–Crippen LogP) is 1.34. The van der Waals surface area contributed by atoms with Crippen LogP contribution in [0.2, 0.25) is 0 Å². The summed E-state index contributed by atoms with van der Waals surface area (Å²) in [4.78, 5) is 29.0. The van der Waals surface area contributed by atoms with Gasteiger partial charge in [0.25, 0.3) is 11.5 Å². The molecule has 0 N–H and O–H groups in total. The molecule has 0 saturated carbocycles. The molecule has 1 aliphatic rings. The van der Waals surface area contributed by atoms with Crippen LogP contribution in [-0.2, 0) is 13.6 Å². The summed E-state index contributed by atoms with van der Waals surface area (Å²) < 4.78 is 6.67. The molecule has 0 aliphatic carbocycles. The van der Waals surface area contributed by atoms with Crippen molar-refractivity contribution in [1.82, 2.24) is 19.5 Å². The Balaban J connectivity index is 1.68. The Kier molecular flexibility index (Phi) is 5.03. The quantitative estimate of drug-likeness (QED) is 0.840. The Labute approximate surface area is 146 Å². The van der Waals surface area contributed by atoms with E-state index in [1.807, 2.05) is 13.8 Å². The van der Waals surface area contributed by atoms with Gasteiger partial charge in [0.15, 0.2) is 0 Å². The summed E-state index contributed by atoms with van der Waals surface area (Å²) in [5.74, 6) is 0.669. The molecule has 0 unspecified atom stereocenters. The maximum Gasteiger partial charge on any atom is 0.263 e. The van der Waals surface area contributed by atoms with Gasteiger partial charge in [0.2, 0.25) is 0 Å². The van der Waals surface area contributed by atoms with E-state index < -0.39 is 0 Å². The monoisotopic (exact) mass is 344 g/mol. The molecule has 0 spiro atoms. The van der Waals surface area contributed by atoms with Gasteiger partial charge in [0.05, 0.1) is 5.69 Å². The summed E-state index contributed by atoms with van der Waals surface area (Å²) in [7, 11) is 1.66. The lowest BCUT2D eigenvalue weighted by Crippen LogP contribution is -2.38. The van der Waals surface area contributed by atoms with E-state index in [9.17, 15) is 9.59 Å². The summed E-state index contributed by atoms with van der Waals surface area (Å²) in [6.07, 6.45) is 2.54. The van der Waals surface area contributed by atoms with Gasteiger partial charge < -0.3 is 14.0 Å². The molecule has 2 aromatic heterocycles.